The Hall–Kier alpha value is -1.60. The molecule has 1 aromatic rings. The van der Waals surface area contributed by atoms with E-state index in [2.05, 4.69) is 0 Å². The average molecular weight is 339 g/mol. The quantitative estimate of drug-likeness (QED) is 0.786. The molecule has 1 aromatic carbocycles. The van der Waals surface area contributed by atoms with Crippen LogP contribution in [0.1, 0.15) is 13.8 Å². The topological polar surface area (TPSA) is 55.8 Å². The minimum absolute atomic E-state index is 0.0526. The highest BCUT2D eigenvalue weighted by molar-refractivity contribution is 8.23. The summed E-state index contributed by atoms with van der Waals surface area (Å²) in [4.78, 5) is 25.4. The number of hydrogen-bond acceptors (Lipinski definition) is 6. The molecule has 5 nitrogen and oxygen atoms in total. The number of thiocarbonyl (C=S) groups is 1. The summed E-state index contributed by atoms with van der Waals surface area (Å²) < 4.78 is 11.0. The molecule has 0 aliphatic carbocycles. The van der Waals surface area contributed by atoms with Gasteiger partial charge in [0.15, 0.2) is 6.61 Å². The Kier molecular flexibility index (Phi) is 5.79. The zero-order valence-corrected chi connectivity index (χ0v) is 14.0. The van der Waals surface area contributed by atoms with E-state index in [9.17, 15) is 9.59 Å². The third-order valence-corrected chi connectivity index (χ3v) is 4.02. The maximum atomic E-state index is 12.3. The number of amides is 2. The summed E-state index contributed by atoms with van der Waals surface area (Å²) in [5.74, 6) is 0.234. The van der Waals surface area contributed by atoms with Gasteiger partial charge in [0.25, 0.3) is 5.91 Å². The maximum absolute atomic E-state index is 12.3. The predicted octanol–water partition coefficient (Wildman–Crippen LogP) is 2.63. The molecule has 0 spiro atoms. The largest absolute Gasteiger partial charge is 0.482 e. The Morgan fingerprint density at radius 1 is 1.45 bits per heavy atom. The fourth-order valence-corrected chi connectivity index (χ4v) is 2.60. The van der Waals surface area contributed by atoms with E-state index in [0.29, 0.717) is 28.3 Å². The number of para-hydroxylation sites is 2. The van der Waals surface area contributed by atoms with Crippen LogP contribution >= 0.6 is 24.0 Å². The lowest BCUT2D eigenvalue weighted by Crippen LogP contribution is -2.44. The second-order valence-corrected chi connectivity index (χ2v) is 6.70. The summed E-state index contributed by atoms with van der Waals surface area (Å²) in [6.07, 6.45) is 0. The fraction of sp³-hybridized carbons (Fsp3) is 0.400. The van der Waals surface area contributed by atoms with E-state index in [1.165, 1.54) is 0 Å². The molecule has 1 aliphatic heterocycles. The number of ether oxygens (including phenoxy) is 2. The van der Waals surface area contributed by atoms with Crippen molar-refractivity contribution in [1.82, 2.24) is 0 Å². The van der Waals surface area contributed by atoms with Gasteiger partial charge < -0.3 is 9.47 Å². The van der Waals surface area contributed by atoms with Crippen LogP contribution in [0, 0.1) is 5.92 Å². The zero-order chi connectivity index (χ0) is 16.1. The van der Waals surface area contributed by atoms with Crippen LogP contribution in [0.5, 0.6) is 5.75 Å². The normalized spacial score (nSPS) is 13.6. The Morgan fingerprint density at radius 2 is 2.18 bits per heavy atom. The van der Waals surface area contributed by atoms with E-state index in [1.807, 2.05) is 13.8 Å². The van der Waals surface area contributed by atoms with Crippen molar-refractivity contribution in [1.29, 1.82) is 0 Å². The maximum Gasteiger partial charge on any atom is 0.271 e. The van der Waals surface area contributed by atoms with E-state index in [0.717, 1.165) is 16.7 Å². The second-order valence-electron chi connectivity index (χ2n) is 5.12. The molecule has 1 aliphatic rings. The van der Waals surface area contributed by atoms with Crippen molar-refractivity contribution in [3.8, 4) is 5.75 Å². The highest BCUT2D eigenvalue weighted by Gasteiger charge is 2.30. The third-order valence-electron chi connectivity index (χ3n) is 2.80. The number of thioether (sulfide) groups is 1. The lowest BCUT2D eigenvalue weighted by molar-refractivity contribution is -0.127. The summed E-state index contributed by atoms with van der Waals surface area (Å²) in [6, 6.07) is 6.96. The van der Waals surface area contributed by atoms with Crippen molar-refractivity contribution in [3.63, 3.8) is 0 Å². The van der Waals surface area contributed by atoms with Crippen molar-refractivity contribution >= 4 is 45.9 Å². The van der Waals surface area contributed by atoms with Crippen LogP contribution in [0.15, 0.2) is 24.3 Å². The van der Waals surface area contributed by atoms with Crippen LogP contribution in [0.25, 0.3) is 0 Å². The monoisotopic (exact) mass is 339 g/mol. The minimum atomic E-state index is -0.377. The molecule has 0 N–H and O–H groups in total. The average Bonchev–Trinajstić information content (AvgIpc) is 2.50. The Bertz CT molecular complexity index is 589. The third kappa shape index (κ3) is 4.20. The van der Waals surface area contributed by atoms with Crippen LogP contribution in [0.3, 0.4) is 0 Å². The van der Waals surface area contributed by atoms with Gasteiger partial charge in [-0.3, -0.25) is 9.59 Å². The Labute approximate surface area is 139 Å². The van der Waals surface area contributed by atoms with E-state index < -0.39 is 0 Å². The van der Waals surface area contributed by atoms with Crippen LogP contribution in [0.2, 0.25) is 0 Å². The molecule has 118 valence electrons. The van der Waals surface area contributed by atoms with Crippen molar-refractivity contribution in [2.24, 2.45) is 5.92 Å². The molecule has 0 saturated heterocycles. The summed E-state index contributed by atoms with van der Waals surface area (Å²) in [5.41, 5.74) is 0.471. The molecule has 0 unspecified atom stereocenters. The van der Waals surface area contributed by atoms with Gasteiger partial charge in [0, 0.05) is 0 Å². The number of anilines is 1. The molecule has 0 atom stereocenters. The highest BCUT2D eigenvalue weighted by atomic mass is 32.2. The number of carbonyl (C=O) groups is 2. The molecule has 7 heteroatoms. The number of carbonyl (C=O) groups excluding carboxylic acids is 2. The van der Waals surface area contributed by atoms with Gasteiger partial charge in [-0.2, -0.15) is 0 Å². The lowest BCUT2D eigenvalue weighted by Gasteiger charge is -2.27. The van der Waals surface area contributed by atoms with Crippen LogP contribution in [-0.2, 0) is 14.3 Å². The Balaban J connectivity index is 1.98. The molecule has 0 saturated carbocycles. The molecule has 22 heavy (non-hydrogen) atoms. The van der Waals surface area contributed by atoms with Gasteiger partial charge in [-0.15, -0.1) is 0 Å². The highest BCUT2D eigenvalue weighted by Crippen LogP contribution is 2.31. The standard InChI is InChI=1S/C15H17NO4S2/c1-10(2)7-20-15(21)22-9-14(18)16-11-5-3-4-6-12(11)19-8-13(16)17/h3-6,10H,7-9H2,1-2H3. The summed E-state index contributed by atoms with van der Waals surface area (Å²) in [7, 11) is 0. The number of imide groups is 1. The number of rotatable bonds is 4. The van der Waals surface area contributed by atoms with E-state index in [-0.39, 0.29) is 24.2 Å². The van der Waals surface area contributed by atoms with Gasteiger partial charge in [0.05, 0.1) is 18.0 Å². The van der Waals surface area contributed by atoms with E-state index >= 15 is 0 Å². The molecule has 2 rings (SSSR count). The van der Waals surface area contributed by atoms with Crippen molar-refractivity contribution in [2.75, 3.05) is 23.9 Å². The first-order chi connectivity index (χ1) is 10.5. The van der Waals surface area contributed by atoms with Gasteiger partial charge in [0.2, 0.25) is 10.3 Å². The van der Waals surface area contributed by atoms with E-state index in [1.54, 1.807) is 24.3 Å². The van der Waals surface area contributed by atoms with Crippen LogP contribution in [0.4, 0.5) is 5.69 Å². The van der Waals surface area contributed by atoms with Crippen LogP contribution in [-0.4, -0.2) is 35.2 Å². The SMILES string of the molecule is CC(C)COC(=S)SCC(=O)N1C(=O)COc2ccccc21. The first-order valence-electron chi connectivity index (χ1n) is 6.86. The van der Waals surface area contributed by atoms with Gasteiger partial charge in [-0.1, -0.05) is 37.7 Å². The first-order valence-corrected chi connectivity index (χ1v) is 8.25. The summed E-state index contributed by atoms with van der Waals surface area (Å²) >= 11 is 6.18. The molecule has 0 aromatic heterocycles. The van der Waals surface area contributed by atoms with Gasteiger partial charge >= 0.3 is 0 Å². The predicted molar refractivity (Wildman–Crippen MR) is 90.3 cm³/mol. The smallest absolute Gasteiger partial charge is 0.271 e. The molecule has 0 bridgehead atoms. The minimum Gasteiger partial charge on any atom is -0.482 e. The lowest BCUT2D eigenvalue weighted by atomic mass is 10.2. The Morgan fingerprint density at radius 3 is 2.91 bits per heavy atom. The van der Waals surface area contributed by atoms with Gasteiger partial charge in [0.1, 0.15) is 5.75 Å². The van der Waals surface area contributed by atoms with Gasteiger partial charge in [-0.05, 0) is 30.3 Å². The van der Waals surface area contributed by atoms with Crippen LogP contribution < -0.4 is 9.64 Å². The number of nitrogens with zero attached hydrogens (tertiary/aromatic N) is 1. The molecule has 2 amide bonds. The van der Waals surface area contributed by atoms with Crippen molar-refractivity contribution < 1.29 is 19.1 Å². The zero-order valence-electron chi connectivity index (χ0n) is 12.4. The second kappa shape index (κ2) is 7.60. The fourth-order valence-electron chi connectivity index (χ4n) is 1.84. The number of benzene rings is 1. The molecular formula is C15H17NO4S2. The first kappa shape index (κ1) is 16.8. The summed E-state index contributed by atoms with van der Waals surface area (Å²) in [5, 5.41) is 0. The molecule has 0 radical (unpaired) electrons. The van der Waals surface area contributed by atoms with Gasteiger partial charge in [-0.25, -0.2) is 4.90 Å². The van der Waals surface area contributed by atoms with Crippen molar-refractivity contribution in [2.45, 2.75) is 13.8 Å². The molecular weight excluding hydrogens is 322 g/mol. The van der Waals surface area contributed by atoms with Crippen molar-refractivity contribution in [3.05, 3.63) is 24.3 Å². The molecule has 1 heterocycles. The summed E-state index contributed by atoms with van der Waals surface area (Å²) in [6.45, 7) is 4.41. The number of hydrogen-bond donors (Lipinski definition) is 0. The van der Waals surface area contributed by atoms with E-state index in [4.69, 9.17) is 21.7 Å². The number of fused-ring (bicyclic) bond motifs is 1. The molecule has 0 fully saturated rings.